The van der Waals surface area contributed by atoms with Crippen LogP contribution < -0.4 is 5.32 Å². The number of carbonyl (C=O) groups is 1. The zero-order valence-electron chi connectivity index (χ0n) is 12.4. The van der Waals surface area contributed by atoms with E-state index in [0.717, 1.165) is 5.56 Å². The average molecular weight is 321 g/mol. The Hall–Kier alpha value is -1.91. The number of halogens is 2. The Bertz CT molecular complexity index is 631. The normalized spacial score (nSPS) is 10.7. The fourth-order valence-corrected chi connectivity index (χ4v) is 2.20. The maximum Gasteiger partial charge on any atom is 0.234 e. The number of amides is 1. The second-order valence-corrected chi connectivity index (χ2v) is 5.60. The zero-order valence-corrected chi connectivity index (χ0v) is 13.1. The largest absolute Gasteiger partial charge is 0.351 e. The summed E-state index contributed by atoms with van der Waals surface area (Å²) in [5.41, 5.74) is 1.56. The molecule has 1 amide bonds. The monoisotopic (exact) mass is 320 g/mol. The van der Waals surface area contributed by atoms with Crippen LogP contribution in [0.15, 0.2) is 48.5 Å². The molecule has 0 saturated carbocycles. The first-order valence-corrected chi connectivity index (χ1v) is 7.35. The zero-order chi connectivity index (χ0) is 15.9. The highest BCUT2D eigenvalue weighted by atomic mass is 35.5. The predicted molar refractivity (Wildman–Crippen MR) is 86.0 cm³/mol. The standard InChI is InChI=1S/C17H18ClFN2O/c1-21(11-14-4-2-3-5-16(14)19)12-17(22)20-10-13-6-8-15(18)9-7-13/h2-9H,10-12H2,1H3,(H,20,22). The Labute approximate surface area is 134 Å². The molecular formula is C17H18ClFN2O. The third kappa shape index (κ3) is 5.13. The molecule has 0 aliphatic heterocycles. The quantitative estimate of drug-likeness (QED) is 0.886. The first-order valence-electron chi connectivity index (χ1n) is 6.97. The van der Waals surface area contributed by atoms with Crippen LogP contribution in [0.25, 0.3) is 0 Å². The van der Waals surface area contributed by atoms with Gasteiger partial charge in [-0.2, -0.15) is 0 Å². The van der Waals surface area contributed by atoms with Gasteiger partial charge >= 0.3 is 0 Å². The van der Waals surface area contributed by atoms with E-state index in [1.807, 2.05) is 12.1 Å². The van der Waals surface area contributed by atoms with Gasteiger partial charge in [0.25, 0.3) is 0 Å². The number of nitrogens with one attached hydrogen (secondary N) is 1. The summed E-state index contributed by atoms with van der Waals surface area (Å²) in [6.45, 7) is 1.05. The van der Waals surface area contributed by atoms with Gasteiger partial charge in [0, 0.05) is 23.7 Å². The van der Waals surface area contributed by atoms with Crippen molar-refractivity contribution in [1.29, 1.82) is 0 Å². The fraction of sp³-hybridized carbons (Fsp3) is 0.235. The van der Waals surface area contributed by atoms with E-state index in [1.165, 1.54) is 6.07 Å². The molecule has 0 aliphatic rings. The van der Waals surface area contributed by atoms with Crippen molar-refractivity contribution in [1.82, 2.24) is 10.2 Å². The first-order chi connectivity index (χ1) is 10.5. The van der Waals surface area contributed by atoms with Crippen molar-refractivity contribution in [2.24, 2.45) is 0 Å². The van der Waals surface area contributed by atoms with Gasteiger partial charge in [0.15, 0.2) is 0 Å². The van der Waals surface area contributed by atoms with E-state index in [9.17, 15) is 9.18 Å². The lowest BCUT2D eigenvalue weighted by molar-refractivity contribution is -0.122. The molecule has 0 heterocycles. The van der Waals surface area contributed by atoms with Gasteiger partial charge in [0.1, 0.15) is 5.82 Å². The molecule has 0 fully saturated rings. The maximum atomic E-state index is 13.6. The van der Waals surface area contributed by atoms with Gasteiger partial charge in [-0.1, -0.05) is 41.9 Å². The van der Waals surface area contributed by atoms with Crippen molar-refractivity contribution in [2.45, 2.75) is 13.1 Å². The molecule has 2 rings (SSSR count). The average Bonchev–Trinajstić information content (AvgIpc) is 2.49. The van der Waals surface area contributed by atoms with Gasteiger partial charge in [0.2, 0.25) is 5.91 Å². The van der Waals surface area contributed by atoms with Crippen LogP contribution in [0.3, 0.4) is 0 Å². The first kappa shape index (κ1) is 16.5. The van der Waals surface area contributed by atoms with E-state index in [2.05, 4.69) is 5.32 Å². The third-order valence-corrected chi connectivity index (χ3v) is 3.47. The summed E-state index contributed by atoms with van der Waals surface area (Å²) in [6, 6.07) is 13.9. The van der Waals surface area contributed by atoms with Crippen molar-refractivity contribution in [3.8, 4) is 0 Å². The van der Waals surface area contributed by atoms with E-state index in [0.29, 0.717) is 23.7 Å². The Balaban J connectivity index is 1.79. The lowest BCUT2D eigenvalue weighted by Crippen LogP contribution is -2.34. The molecule has 0 unspecified atom stereocenters. The van der Waals surface area contributed by atoms with Crippen molar-refractivity contribution in [2.75, 3.05) is 13.6 Å². The number of carbonyl (C=O) groups excluding carboxylic acids is 1. The Kier molecular flexibility index (Phi) is 5.92. The van der Waals surface area contributed by atoms with Gasteiger partial charge in [0.05, 0.1) is 6.54 Å². The third-order valence-electron chi connectivity index (χ3n) is 3.21. The van der Waals surface area contributed by atoms with Gasteiger partial charge < -0.3 is 5.32 Å². The number of rotatable bonds is 6. The Morgan fingerprint density at radius 1 is 1.18 bits per heavy atom. The van der Waals surface area contributed by atoms with Crippen LogP contribution in [0, 0.1) is 5.82 Å². The smallest absolute Gasteiger partial charge is 0.234 e. The van der Waals surface area contributed by atoms with Gasteiger partial charge in [-0.25, -0.2) is 4.39 Å². The summed E-state index contributed by atoms with van der Waals surface area (Å²) in [5, 5.41) is 3.50. The summed E-state index contributed by atoms with van der Waals surface area (Å²) in [6.07, 6.45) is 0. The summed E-state index contributed by atoms with van der Waals surface area (Å²) in [5.74, 6) is -0.357. The van der Waals surface area contributed by atoms with Crippen molar-refractivity contribution >= 4 is 17.5 Å². The molecule has 0 spiro atoms. The number of hydrogen-bond donors (Lipinski definition) is 1. The number of nitrogens with zero attached hydrogens (tertiary/aromatic N) is 1. The second-order valence-electron chi connectivity index (χ2n) is 5.17. The minimum Gasteiger partial charge on any atom is -0.351 e. The van der Waals surface area contributed by atoms with Crippen LogP contribution in [-0.4, -0.2) is 24.4 Å². The molecule has 0 atom stereocenters. The summed E-state index contributed by atoms with van der Waals surface area (Å²) < 4.78 is 13.6. The summed E-state index contributed by atoms with van der Waals surface area (Å²) in [7, 11) is 1.79. The molecule has 0 aliphatic carbocycles. The molecule has 2 aromatic rings. The van der Waals surface area contributed by atoms with Crippen molar-refractivity contribution < 1.29 is 9.18 Å². The van der Waals surface area contributed by atoms with E-state index in [1.54, 1.807) is 42.3 Å². The SMILES string of the molecule is CN(CC(=O)NCc1ccc(Cl)cc1)Cc1ccccc1F. The summed E-state index contributed by atoms with van der Waals surface area (Å²) >= 11 is 5.81. The lowest BCUT2D eigenvalue weighted by atomic mass is 10.2. The van der Waals surface area contributed by atoms with Crippen LogP contribution in [0.1, 0.15) is 11.1 Å². The van der Waals surface area contributed by atoms with Crippen LogP contribution >= 0.6 is 11.6 Å². The van der Waals surface area contributed by atoms with Crippen molar-refractivity contribution in [3.63, 3.8) is 0 Å². The fourth-order valence-electron chi connectivity index (χ4n) is 2.08. The molecule has 2 aromatic carbocycles. The summed E-state index contributed by atoms with van der Waals surface area (Å²) in [4.78, 5) is 13.7. The van der Waals surface area contributed by atoms with Crippen LogP contribution in [0.4, 0.5) is 4.39 Å². The molecule has 1 N–H and O–H groups in total. The van der Waals surface area contributed by atoms with Crippen LogP contribution in [0.5, 0.6) is 0 Å². The van der Waals surface area contributed by atoms with Gasteiger partial charge in [-0.05, 0) is 30.8 Å². The number of likely N-dealkylation sites (N-methyl/N-ethyl adjacent to an activating group) is 1. The van der Waals surface area contributed by atoms with E-state index in [4.69, 9.17) is 11.6 Å². The minimum atomic E-state index is -0.254. The van der Waals surface area contributed by atoms with Crippen molar-refractivity contribution in [3.05, 3.63) is 70.5 Å². The highest BCUT2D eigenvalue weighted by Crippen LogP contribution is 2.10. The van der Waals surface area contributed by atoms with E-state index >= 15 is 0 Å². The highest BCUT2D eigenvalue weighted by molar-refractivity contribution is 6.30. The molecule has 0 saturated heterocycles. The van der Waals surface area contributed by atoms with E-state index in [-0.39, 0.29) is 18.3 Å². The molecule has 5 heteroatoms. The van der Waals surface area contributed by atoms with Gasteiger partial charge in [-0.15, -0.1) is 0 Å². The molecule has 3 nitrogen and oxygen atoms in total. The second kappa shape index (κ2) is 7.92. The topological polar surface area (TPSA) is 32.3 Å². The van der Waals surface area contributed by atoms with Crippen LogP contribution in [0.2, 0.25) is 5.02 Å². The van der Waals surface area contributed by atoms with Crippen LogP contribution in [-0.2, 0) is 17.9 Å². The maximum absolute atomic E-state index is 13.6. The van der Waals surface area contributed by atoms with Gasteiger partial charge in [-0.3, -0.25) is 9.69 Å². The number of hydrogen-bond acceptors (Lipinski definition) is 2. The molecular weight excluding hydrogens is 303 g/mol. The Morgan fingerprint density at radius 2 is 1.86 bits per heavy atom. The molecule has 22 heavy (non-hydrogen) atoms. The molecule has 116 valence electrons. The highest BCUT2D eigenvalue weighted by Gasteiger charge is 2.09. The number of benzene rings is 2. The molecule has 0 radical (unpaired) electrons. The minimum absolute atomic E-state index is 0.103. The Morgan fingerprint density at radius 3 is 2.55 bits per heavy atom. The molecule has 0 aromatic heterocycles. The lowest BCUT2D eigenvalue weighted by Gasteiger charge is -2.16. The van der Waals surface area contributed by atoms with E-state index < -0.39 is 0 Å². The predicted octanol–water partition coefficient (Wildman–Crippen LogP) is 3.23. The molecule has 0 bridgehead atoms.